The summed E-state index contributed by atoms with van der Waals surface area (Å²) < 4.78 is 23.8. The number of unbranched alkanes of at least 4 members (excludes halogenated alkanes) is 3. The molecule has 0 radical (unpaired) electrons. The highest BCUT2D eigenvalue weighted by Gasteiger charge is 2.62. The van der Waals surface area contributed by atoms with Gasteiger partial charge in [0.1, 0.15) is 55.5 Å². The maximum Gasteiger partial charge on any atom is 0.411 e. The van der Waals surface area contributed by atoms with Gasteiger partial charge in [-0.15, -0.1) is 0 Å². The molecule has 17 heteroatoms. The zero-order chi connectivity index (χ0) is 46.5. The summed E-state index contributed by atoms with van der Waals surface area (Å²) in [6, 6.07) is 9.33. The first-order chi connectivity index (χ1) is 30.5. The number of rotatable bonds is 25. The predicted molar refractivity (Wildman–Crippen MR) is 236 cm³/mol. The number of carbonyl (C=O) groups excluding carboxylic acids is 3. The molecule has 0 spiro atoms. The van der Waals surface area contributed by atoms with Crippen molar-refractivity contribution in [2.24, 2.45) is 11.8 Å². The summed E-state index contributed by atoms with van der Waals surface area (Å²) in [5, 5.41) is 62.2. The van der Waals surface area contributed by atoms with E-state index in [0.29, 0.717) is 56.5 Å². The van der Waals surface area contributed by atoms with E-state index in [0.717, 1.165) is 69.8 Å². The number of likely N-dealkylation sites (tertiary alicyclic amines) is 1. The van der Waals surface area contributed by atoms with E-state index in [-0.39, 0.29) is 45.4 Å². The third-order valence-electron chi connectivity index (χ3n) is 13.3. The quantitative estimate of drug-likeness (QED) is 0.0772. The molecule has 1 heterocycles. The van der Waals surface area contributed by atoms with E-state index in [9.17, 15) is 40.1 Å². The summed E-state index contributed by atoms with van der Waals surface area (Å²) in [5.41, 5.74) is -0.857. The van der Waals surface area contributed by atoms with Crippen LogP contribution in [-0.2, 0) is 25.4 Å². The van der Waals surface area contributed by atoms with E-state index < -0.39 is 66.0 Å². The number of hydrogen-bond donors (Lipinski definition) is 6. The minimum absolute atomic E-state index is 0.0432. The Morgan fingerprint density at radius 3 is 2.31 bits per heavy atom. The molecule has 4 bridgehead atoms. The van der Waals surface area contributed by atoms with Gasteiger partial charge in [-0.2, -0.15) is 5.26 Å². The first-order valence-electron chi connectivity index (χ1n) is 23.5. The normalized spacial score (nSPS) is 25.6. The fourth-order valence-electron chi connectivity index (χ4n) is 10.6. The van der Waals surface area contributed by atoms with Crippen LogP contribution in [0.1, 0.15) is 110 Å². The number of amides is 3. The number of nitrogens with zero attached hydrogens (tertiary/aromatic N) is 4. The second-order valence-corrected chi connectivity index (χ2v) is 19.6. The van der Waals surface area contributed by atoms with Gasteiger partial charge in [-0.05, 0) is 121 Å². The van der Waals surface area contributed by atoms with Crippen LogP contribution in [0.4, 0.5) is 9.59 Å². The van der Waals surface area contributed by atoms with Crippen LogP contribution in [0.25, 0.3) is 0 Å². The molecule has 1 saturated heterocycles. The van der Waals surface area contributed by atoms with Crippen molar-refractivity contribution in [2.45, 2.75) is 158 Å². The molecule has 1 aliphatic heterocycles. The largest absolute Gasteiger partial charge is 0.492 e. The fraction of sp³-hybridized carbons (Fsp3) is 0.787. The molecule has 3 amide bonds. The minimum Gasteiger partial charge on any atom is -0.492 e. The molecule has 1 aromatic rings. The summed E-state index contributed by atoms with van der Waals surface area (Å²) in [4.78, 5) is 45.4. The molecule has 5 aliphatic rings. The molecule has 4 saturated carbocycles. The van der Waals surface area contributed by atoms with Crippen LogP contribution in [0, 0.1) is 23.2 Å². The van der Waals surface area contributed by atoms with Gasteiger partial charge in [0, 0.05) is 19.6 Å². The van der Waals surface area contributed by atoms with Gasteiger partial charge in [0.2, 0.25) is 5.91 Å². The van der Waals surface area contributed by atoms with Gasteiger partial charge in [-0.1, -0.05) is 38.3 Å². The van der Waals surface area contributed by atoms with Gasteiger partial charge in [-0.25, -0.2) is 9.59 Å². The molecule has 3 unspecified atom stereocenters. The predicted octanol–water partition coefficient (Wildman–Crippen LogP) is 3.51. The highest BCUT2D eigenvalue weighted by Crippen LogP contribution is 2.61. The van der Waals surface area contributed by atoms with Crippen molar-refractivity contribution < 1.29 is 58.9 Å². The van der Waals surface area contributed by atoms with Crippen molar-refractivity contribution in [1.29, 1.82) is 5.26 Å². The maximum atomic E-state index is 13.9. The molecule has 360 valence electrons. The lowest BCUT2D eigenvalue weighted by atomic mass is 9.50. The highest BCUT2D eigenvalue weighted by molar-refractivity contribution is 5.83. The Kier molecular flexibility index (Phi) is 18.9. The lowest BCUT2D eigenvalue weighted by molar-refractivity contribution is -0.200. The van der Waals surface area contributed by atoms with Crippen molar-refractivity contribution in [1.82, 2.24) is 20.0 Å². The molecular weight excluding hydrogens is 827 g/mol. The molecule has 9 atom stereocenters. The zero-order valence-corrected chi connectivity index (χ0v) is 38.5. The molecule has 1 aromatic carbocycles. The average molecular weight is 902 g/mol. The molecule has 17 nitrogen and oxygen atoms in total. The van der Waals surface area contributed by atoms with Crippen LogP contribution in [-0.4, -0.2) is 171 Å². The van der Waals surface area contributed by atoms with E-state index in [1.54, 1.807) is 9.80 Å². The van der Waals surface area contributed by atoms with Gasteiger partial charge in [-0.3, -0.25) is 9.69 Å². The van der Waals surface area contributed by atoms with Crippen molar-refractivity contribution >= 4 is 18.1 Å². The Morgan fingerprint density at radius 1 is 0.953 bits per heavy atom. The third kappa shape index (κ3) is 14.4. The monoisotopic (exact) mass is 902 g/mol. The maximum absolute atomic E-state index is 13.9. The number of alkyl carbamates (subject to hydrolysis) is 1. The van der Waals surface area contributed by atoms with Gasteiger partial charge >= 0.3 is 12.2 Å². The highest BCUT2D eigenvalue weighted by atomic mass is 16.6. The molecule has 5 fully saturated rings. The number of ether oxygens (including phenoxy) is 4. The number of aliphatic hydroxyl groups excluding tert-OH is 5. The molecule has 4 aliphatic carbocycles. The lowest BCUT2D eigenvalue weighted by Crippen LogP contribution is -2.68. The van der Waals surface area contributed by atoms with Gasteiger partial charge in [0.25, 0.3) is 0 Å². The van der Waals surface area contributed by atoms with Crippen molar-refractivity contribution in [3.8, 4) is 11.8 Å². The van der Waals surface area contributed by atoms with Gasteiger partial charge in [0.05, 0.1) is 43.1 Å². The van der Waals surface area contributed by atoms with E-state index >= 15 is 0 Å². The summed E-state index contributed by atoms with van der Waals surface area (Å²) in [7, 11) is 0. The van der Waals surface area contributed by atoms with Crippen LogP contribution in [0.2, 0.25) is 0 Å². The summed E-state index contributed by atoms with van der Waals surface area (Å²) in [5.74, 6) is 1.03. The SMILES string of the molecule is CCCCCCN(CCc1ccc(OCCNC(=O)OCCOC23CC4C[C@H](C2)CC(N(CC(=O)N2CCC[C@H]2C#N)C(=O)OC(C)(C)C)(C4)C3)cc1)C[C@H](O)[C@@H](O)[C@H](O)[C@H](O)CO. The molecule has 6 N–H and O–H groups in total. The summed E-state index contributed by atoms with van der Waals surface area (Å²) in [6.45, 7) is 9.24. The molecule has 0 aromatic heterocycles. The second kappa shape index (κ2) is 23.6. The van der Waals surface area contributed by atoms with Crippen LogP contribution in [0.3, 0.4) is 0 Å². The van der Waals surface area contributed by atoms with E-state index in [1.165, 1.54) is 0 Å². The smallest absolute Gasteiger partial charge is 0.411 e. The standard InChI is InChI=1S/C47H75N5O12/c1-5-6-7-8-17-50(29-38(54)41(57)42(58)39(55)31-53)19-15-33-11-13-37(14-12-33)61-20-16-49-43(59)62-21-22-63-47-26-34-23-35(27-47)25-46(24-34,32-47)52(44(60)64-45(2,3)4)30-40(56)51-18-9-10-36(51)28-48/h11-14,34-36,38-39,41-42,53-55,57-58H,5-10,15-27,29-32H2,1-4H3,(H,49,59)/t34-,35?,36-,38-,39+,41+,42+,46?,47?/m0/s1. The van der Waals surface area contributed by atoms with Crippen LogP contribution >= 0.6 is 0 Å². The number of aliphatic hydroxyl groups is 5. The van der Waals surface area contributed by atoms with Crippen molar-refractivity contribution in [3.63, 3.8) is 0 Å². The van der Waals surface area contributed by atoms with Crippen LogP contribution in [0.15, 0.2) is 24.3 Å². The first kappa shape index (κ1) is 51.2. The third-order valence-corrected chi connectivity index (χ3v) is 13.3. The summed E-state index contributed by atoms with van der Waals surface area (Å²) in [6.07, 6.45) is 3.73. The average Bonchev–Trinajstić information content (AvgIpc) is 3.74. The first-order valence-corrected chi connectivity index (χ1v) is 23.5. The Morgan fingerprint density at radius 2 is 1.66 bits per heavy atom. The second-order valence-electron chi connectivity index (χ2n) is 19.6. The Labute approximate surface area is 379 Å². The lowest BCUT2D eigenvalue weighted by Gasteiger charge is -2.64. The van der Waals surface area contributed by atoms with Crippen LogP contribution in [0.5, 0.6) is 5.75 Å². The van der Waals surface area contributed by atoms with E-state index in [4.69, 9.17) is 24.1 Å². The Bertz CT molecular complexity index is 1670. The van der Waals surface area contributed by atoms with E-state index in [2.05, 4.69) is 18.3 Å². The minimum atomic E-state index is -1.67. The molecular formula is C47H75N5O12. The van der Waals surface area contributed by atoms with Gasteiger partial charge < -0.3 is 59.6 Å². The Hall–Kier alpha value is -3.76. The molecule has 64 heavy (non-hydrogen) atoms. The fourth-order valence-corrected chi connectivity index (χ4v) is 10.6. The van der Waals surface area contributed by atoms with Gasteiger partial charge in [0.15, 0.2) is 0 Å². The number of benzene rings is 1. The molecule has 6 rings (SSSR count). The topological polar surface area (TPSA) is 235 Å². The summed E-state index contributed by atoms with van der Waals surface area (Å²) >= 11 is 0. The van der Waals surface area contributed by atoms with Crippen LogP contribution < -0.4 is 10.1 Å². The zero-order valence-electron chi connectivity index (χ0n) is 38.5. The van der Waals surface area contributed by atoms with Crippen molar-refractivity contribution in [3.05, 3.63) is 29.8 Å². The number of carbonyl (C=O) groups is 3. The Balaban J connectivity index is 1.05. The number of nitriles is 1. The number of hydrogen-bond acceptors (Lipinski definition) is 14. The van der Waals surface area contributed by atoms with E-state index in [1.807, 2.05) is 49.9 Å². The van der Waals surface area contributed by atoms with Crippen molar-refractivity contribution in [2.75, 3.05) is 65.7 Å². The number of nitrogens with one attached hydrogen (secondary N) is 1.